The molecule has 0 atom stereocenters. The fourth-order valence-corrected chi connectivity index (χ4v) is 1.26. The van der Waals surface area contributed by atoms with E-state index in [4.69, 9.17) is 0 Å². The van der Waals surface area contributed by atoms with Crippen LogP contribution in [0.3, 0.4) is 0 Å². The molecule has 5 heteroatoms. The number of methoxy groups -OCH3 is 2. The summed E-state index contributed by atoms with van der Waals surface area (Å²) in [6.45, 7) is 5.67. The summed E-state index contributed by atoms with van der Waals surface area (Å²) in [6.07, 6.45) is 1.40. The van der Waals surface area contributed by atoms with Crippen molar-refractivity contribution < 1.29 is 19.1 Å². The Morgan fingerprint density at radius 3 is 1.75 bits per heavy atom. The van der Waals surface area contributed by atoms with Crippen molar-refractivity contribution in [2.45, 2.75) is 19.3 Å². The molecule has 0 amide bonds. The van der Waals surface area contributed by atoms with Crippen molar-refractivity contribution in [3.63, 3.8) is 0 Å². The molecule has 0 bridgehead atoms. The molecular weight excluding hydrogens is 210 g/mol. The second-order valence-electron chi connectivity index (χ2n) is 3.35. The van der Waals surface area contributed by atoms with Gasteiger partial charge >= 0.3 is 11.9 Å². The second kappa shape index (κ2) is 9.15. The lowest BCUT2D eigenvalue weighted by molar-refractivity contribution is -0.141. The van der Waals surface area contributed by atoms with Crippen LogP contribution in [0.5, 0.6) is 0 Å². The highest BCUT2D eigenvalue weighted by Gasteiger charge is 2.09. The summed E-state index contributed by atoms with van der Waals surface area (Å²) in [7, 11) is 2.73. The smallest absolute Gasteiger partial charge is 0.306 e. The Morgan fingerprint density at radius 2 is 1.44 bits per heavy atom. The Labute approximate surface area is 96.7 Å². The molecule has 0 aromatic heterocycles. The van der Waals surface area contributed by atoms with Gasteiger partial charge in [-0.2, -0.15) is 0 Å². The lowest BCUT2D eigenvalue weighted by atomic mass is 10.3. The Bertz CT molecular complexity index is 198. The molecule has 1 radical (unpaired) electrons. The third kappa shape index (κ3) is 7.23. The number of carbonyl (C=O) groups is 2. The van der Waals surface area contributed by atoms with Crippen molar-refractivity contribution in [2.24, 2.45) is 0 Å². The van der Waals surface area contributed by atoms with Gasteiger partial charge in [-0.05, 0) is 13.0 Å². The maximum absolute atomic E-state index is 11.0. The van der Waals surface area contributed by atoms with Crippen LogP contribution in [0.4, 0.5) is 0 Å². The van der Waals surface area contributed by atoms with E-state index in [1.165, 1.54) is 14.2 Å². The number of hydrogen-bond acceptors (Lipinski definition) is 5. The molecule has 0 aliphatic rings. The highest BCUT2D eigenvalue weighted by Crippen LogP contribution is 1.98. The molecule has 0 aliphatic carbocycles. The number of rotatable bonds is 8. The molecule has 0 heterocycles. The maximum Gasteiger partial charge on any atom is 0.306 e. The maximum atomic E-state index is 11.0. The van der Waals surface area contributed by atoms with E-state index in [-0.39, 0.29) is 11.9 Å². The van der Waals surface area contributed by atoms with E-state index in [1.54, 1.807) is 0 Å². The molecule has 0 N–H and O–H groups in total. The van der Waals surface area contributed by atoms with Crippen molar-refractivity contribution in [1.82, 2.24) is 4.90 Å². The minimum atomic E-state index is -0.243. The second-order valence-corrected chi connectivity index (χ2v) is 3.35. The van der Waals surface area contributed by atoms with Crippen LogP contribution < -0.4 is 0 Å². The van der Waals surface area contributed by atoms with Crippen LogP contribution in [0.1, 0.15) is 19.3 Å². The van der Waals surface area contributed by atoms with E-state index in [0.717, 1.165) is 13.0 Å². The SMILES string of the molecule is [CH2]CCN(CCC(=O)OC)CCC(=O)OC. The minimum Gasteiger partial charge on any atom is -0.469 e. The normalized spacial score (nSPS) is 10.2. The Hall–Kier alpha value is -1.10. The van der Waals surface area contributed by atoms with Gasteiger partial charge in [0.2, 0.25) is 0 Å². The quantitative estimate of drug-likeness (QED) is 0.573. The summed E-state index contributed by atoms with van der Waals surface area (Å²) in [6, 6.07) is 0. The first-order valence-electron chi connectivity index (χ1n) is 5.29. The Kier molecular flexibility index (Phi) is 8.52. The highest BCUT2D eigenvalue weighted by atomic mass is 16.5. The van der Waals surface area contributed by atoms with E-state index in [1.807, 2.05) is 4.90 Å². The van der Waals surface area contributed by atoms with Gasteiger partial charge in [-0.3, -0.25) is 9.59 Å². The molecule has 0 rings (SSSR count). The van der Waals surface area contributed by atoms with Crippen LogP contribution >= 0.6 is 0 Å². The van der Waals surface area contributed by atoms with Gasteiger partial charge in [0.15, 0.2) is 0 Å². The van der Waals surface area contributed by atoms with E-state index in [0.29, 0.717) is 25.9 Å². The van der Waals surface area contributed by atoms with Gasteiger partial charge in [-0.1, -0.05) is 6.92 Å². The third-order valence-corrected chi connectivity index (χ3v) is 2.19. The summed E-state index contributed by atoms with van der Waals surface area (Å²) in [5.41, 5.74) is 0. The van der Waals surface area contributed by atoms with Crippen LogP contribution in [0.25, 0.3) is 0 Å². The predicted molar refractivity (Wildman–Crippen MR) is 59.7 cm³/mol. The van der Waals surface area contributed by atoms with Gasteiger partial charge < -0.3 is 14.4 Å². The fourth-order valence-electron chi connectivity index (χ4n) is 1.26. The molecular formula is C11H20NO4. The van der Waals surface area contributed by atoms with Gasteiger partial charge in [0.05, 0.1) is 27.1 Å². The first kappa shape index (κ1) is 14.9. The van der Waals surface area contributed by atoms with Crippen molar-refractivity contribution in [3.8, 4) is 0 Å². The predicted octanol–water partition coefficient (Wildman–Crippen LogP) is 0.639. The van der Waals surface area contributed by atoms with Crippen LogP contribution in [0.2, 0.25) is 0 Å². The first-order valence-corrected chi connectivity index (χ1v) is 5.29. The van der Waals surface area contributed by atoms with Gasteiger partial charge in [0, 0.05) is 13.1 Å². The third-order valence-electron chi connectivity index (χ3n) is 2.19. The summed E-state index contributed by atoms with van der Waals surface area (Å²) in [5.74, 6) is -0.487. The van der Waals surface area contributed by atoms with Crippen molar-refractivity contribution in [2.75, 3.05) is 33.9 Å². The minimum absolute atomic E-state index is 0.243. The molecule has 0 saturated carbocycles. The molecule has 0 spiro atoms. The number of esters is 2. The van der Waals surface area contributed by atoms with Crippen LogP contribution in [-0.4, -0.2) is 50.7 Å². The zero-order valence-corrected chi connectivity index (χ0v) is 10.0. The number of carbonyl (C=O) groups excluding carboxylic acids is 2. The zero-order valence-electron chi connectivity index (χ0n) is 10.0. The van der Waals surface area contributed by atoms with E-state index >= 15 is 0 Å². The summed E-state index contributed by atoms with van der Waals surface area (Å²) in [5, 5.41) is 0. The first-order chi connectivity index (χ1) is 7.63. The number of nitrogens with zero attached hydrogens (tertiary/aromatic N) is 1. The molecule has 0 unspecified atom stereocenters. The van der Waals surface area contributed by atoms with Crippen molar-refractivity contribution in [3.05, 3.63) is 6.92 Å². The Morgan fingerprint density at radius 1 is 1.00 bits per heavy atom. The Balaban J connectivity index is 3.87. The monoisotopic (exact) mass is 230 g/mol. The van der Waals surface area contributed by atoms with Gasteiger partial charge in [0.1, 0.15) is 0 Å². The van der Waals surface area contributed by atoms with E-state index < -0.39 is 0 Å². The van der Waals surface area contributed by atoms with Gasteiger partial charge in [-0.15, -0.1) is 0 Å². The number of hydrogen-bond donors (Lipinski definition) is 0. The lowest BCUT2D eigenvalue weighted by Crippen LogP contribution is -2.30. The molecule has 93 valence electrons. The van der Waals surface area contributed by atoms with Gasteiger partial charge in [0.25, 0.3) is 0 Å². The molecule has 16 heavy (non-hydrogen) atoms. The average molecular weight is 230 g/mol. The molecule has 0 aromatic carbocycles. The van der Waals surface area contributed by atoms with Crippen LogP contribution in [0.15, 0.2) is 0 Å². The molecule has 0 saturated heterocycles. The largest absolute Gasteiger partial charge is 0.469 e. The fraction of sp³-hybridized carbons (Fsp3) is 0.727. The van der Waals surface area contributed by atoms with E-state index in [2.05, 4.69) is 16.4 Å². The topological polar surface area (TPSA) is 55.8 Å². The number of ether oxygens (including phenoxy) is 2. The summed E-state index contributed by atoms with van der Waals surface area (Å²) in [4.78, 5) is 23.9. The van der Waals surface area contributed by atoms with Crippen LogP contribution in [-0.2, 0) is 19.1 Å². The highest BCUT2D eigenvalue weighted by molar-refractivity contribution is 5.70. The molecule has 5 nitrogen and oxygen atoms in total. The zero-order chi connectivity index (χ0) is 12.4. The summed E-state index contributed by atoms with van der Waals surface area (Å²) >= 11 is 0. The standard InChI is InChI=1S/C11H20NO4/c1-4-7-12(8-5-10(13)15-2)9-6-11(14)16-3/h1,4-9H2,2-3H3. The summed E-state index contributed by atoms with van der Waals surface area (Å²) < 4.78 is 9.11. The van der Waals surface area contributed by atoms with Crippen molar-refractivity contribution >= 4 is 11.9 Å². The molecule has 0 fully saturated rings. The average Bonchev–Trinajstić information content (AvgIpc) is 2.31. The van der Waals surface area contributed by atoms with Crippen molar-refractivity contribution in [1.29, 1.82) is 0 Å². The van der Waals surface area contributed by atoms with Crippen LogP contribution in [0, 0.1) is 6.92 Å². The molecule has 0 aliphatic heterocycles. The van der Waals surface area contributed by atoms with Gasteiger partial charge in [-0.25, -0.2) is 0 Å². The lowest BCUT2D eigenvalue weighted by Gasteiger charge is -2.20. The van der Waals surface area contributed by atoms with E-state index in [9.17, 15) is 9.59 Å². The molecule has 0 aromatic rings.